The van der Waals surface area contributed by atoms with Crippen molar-refractivity contribution >= 4 is 40.7 Å². The van der Waals surface area contributed by atoms with Crippen molar-refractivity contribution in [2.24, 2.45) is 0 Å². The van der Waals surface area contributed by atoms with E-state index in [-0.39, 0.29) is 35.9 Å². The van der Waals surface area contributed by atoms with Gasteiger partial charge in [0.2, 0.25) is 0 Å². The number of thioether (sulfide) groups is 1. The molecular formula is C26H20N2O4S. The molecule has 0 bridgehead atoms. The first kappa shape index (κ1) is 22.2. The maximum atomic E-state index is 12.6. The Morgan fingerprint density at radius 1 is 0.788 bits per heavy atom. The van der Waals surface area contributed by atoms with Gasteiger partial charge in [-0.1, -0.05) is 72.8 Å². The van der Waals surface area contributed by atoms with Crippen molar-refractivity contribution in [3.8, 4) is 0 Å². The highest BCUT2D eigenvalue weighted by atomic mass is 32.2. The molecule has 1 saturated heterocycles. The summed E-state index contributed by atoms with van der Waals surface area (Å²) in [6.45, 7) is 0.202. The summed E-state index contributed by atoms with van der Waals surface area (Å²) in [6, 6.07) is 24.6. The first-order valence-corrected chi connectivity index (χ1v) is 11.1. The van der Waals surface area contributed by atoms with Gasteiger partial charge in [-0.3, -0.25) is 24.1 Å². The lowest BCUT2D eigenvalue weighted by molar-refractivity contribution is -0.122. The van der Waals surface area contributed by atoms with Gasteiger partial charge < -0.3 is 5.32 Å². The SMILES string of the molecule is O=C(NCCN1C(=O)SC(=Cc2ccccc2)C1=O)c1ccc(C(=O)c2ccccc2)cc1. The van der Waals surface area contributed by atoms with Gasteiger partial charge in [-0.05, 0) is 35.5 Å². The van der Waals surface area contributed by atoms with E-state index < -0.39 is 0 Å². The van der Waals surface area contributed by atoms with Gasteiger partial charge in [-0.25, -0.2) is 0 Å². The maximum Gasteiger partial charge on any atom is 0.293 e. The lowest BCUT2D eigenvalue weighted by Crippen LogP contribution is -2.37. The van der Waals surface area contributed by atoms with E-state index in [1.165, 1.54) is 0 Å². The van der Waals surface area contributed by atoms with Gasteiger partial charge >= 0.3 is 0 Å². The van der Waals surface area contributed by atoms with Crippen LogP contribution in [0.4, 0.5) is 4.79 Å². The second-order valence-corrected chi connectivity index (χ2v) is 8.27. The van der Waals surface area contributed by atoms with Gasteiger partial charge in [0, 0.05) is 29.8 Å². The molecule has 1 fully saturated rings. The van der Waals surface area contributed by atoms with E-state index in [0.29, 0.717) is 21.6 Å². The van der Waals surface area contributed by atoms with Gasteiger partial charge in [0.15, 0.2) is 5.78 Å². The summed E-state index contributed by atoms with van der Waals surface area (Å²) in [5, 5.41) is 2.35. The average molecular weight is 457 g/mol. The summed E-state index contributed by atoms with van der Waals surface area (Å²) in [5.41, 5.74) is 2.29. The van der Waals surface area contributed by atoms with Crippen LogP contribution in [0.5, 0.6) is 0 Å². The summed E-state index contributed by atoms with van der Waals surface area (Å²) >= 11 is 0.888. The molecule has 6 nitrogen and oxygen atoms in total. The first-order chi connectivity index (χ1) is 16.0. The summed E-state index contributed by atoms with van der Waals surface area (Å²) < 4.78 is 0. The zero-order valence-corrected chi connectivity index (χ0v) is 18.4. The number of nitrogens with one attached hydrogen (secondary N) is 1. The van der Waals surface area contributed by atoms with Gasteiger partial charge in [0.25, 0.3) is 17.1 Å². The number of carbonyl (C=O) groups excluding carboxylic acids is 4. The molecule has 3 aromatic carbocycles. The molecule has 0 spiro atoms. The van der Waals surface area contributed by atoms with Gasteiger partial charge in [-0.2, -0.15) is 0 Å². The van der Waals surface area contributed by atoms with Crippen molar-refractivity contribution in [1.29, 1.82) is 0 Å². The highest BCUT2D eigenvalue weighted by Crippen LogP contribution is 2.31. The number of nitrogens with zero attached hydrogens (tertiary/aromatic N) is 1. The van der Waals surface area contributed by atoms with Crippen molar-refractivity contribution in [1.82, 2.24) is 10.2 Å². The molecule has 164 valence electrons. The number of amides is 3. The van der Waals surface area contributed by atoms with E-state index >= 15 is 0 Å². The van der Waals surface area contributed by atoms with Crippen LogP contribution in [-0.2, 0) is 4.79 Å². The summed E-state index contributed by atoms with van der Waals surface area (Å²) in [6.07, 6.45) is 1.68. The summed E-state index contributed by atoms with van der Waals surface area (Å²) in [7, 11) is 0. The lowest BCUT2D eigenvalue weighted by atomic mass is 10.0. The Bertz CT molecular complexity index is 1220. The number of carbonyl (C=O) groups is 4. The normalized spacial score (nSPS) is 14.5. The molecule has 0 radical (unpaired) electrons. The Morgan fingerprint density at radius 2 is 1.36 bits per heavy atom. The first-order valence-electron chi connectivity index (χ1n) is 10.3. The molecule has 3 aromatic rings. The smallest absolute Gasteiger partial charge is 0.293 e. The predicted octanol–water partition coefficient (Wildman–Crippen LogP) is 4.38. The highest BCUT2D eigenvalue weighted by Gasteiger charge is 2.34. The number of hydrogen-bond acceptors (Lipinski definition) is 5. The fourth-order valence-corrected chi connectivity index (χ4v) is 4.17. The van der Waals surface area contributed by atoms with Crippen LogP contribution in [0.25, 0.3) is 6.08 Å². The highest BCUT2D eigenvalue weighted by molar-refractivity contribution is 8.18. The summed E-state index contributed by atoms with van der Waals surface area (Å²) in [5.74, 6) is -0.835. The minimum atomic E-state index is -0.369. The summed E-state index contributed by atoms with van der Waals surface area (Å²) in [4.78, 5) is 51.2. The molecule has 1 N–H and O–H groups in total. The Kier molecular flexibility index (Phi) is 6.80. The number of imide groups is 1. The molecule has 0 unspecified atom stereocenters. The van der Waals surface area contributed by atoms with E-state index in [4.69, 9.17) is 0 Å². The Hall–Kier alpha value is -3.97. The minimum Gasteiger partial charge on any atom is -0.350 e. The van der Waals surface area contributed by atoms with Crippen LogP contribution in [0.15, 0.2) is 89.8 Å². The molecule has 1 aliphatic heterocycles. The van der Waals surface area contributed by atoms with Crippen LogP contribution in [-0.4, -0.2) is 40.8 Å². The standard InChI is InChI=1S/C26H20N2O4S/c29-23(19-9-5-2-6-10-19)20-11-13-21(14-12-20)24(30)27-15-16-28-25(31)22(33-26(28)32)17-18-7-3-1-4-8-18/h1-14,17H,15-16H2,(H,27,30). The monoisotopic (exact) mass is 456 g/mol. The van der Waals surface area contributed by atoms with Crippen molar-refractivity contribution < 1.29 is 19.2 Å². The molecular weight excluding hydrogens is 436 g/mol. The number of ketones is 1. The maximum absolute atomic E-state index is 12.6. The third-order valence-electron chi connectivity index (χ3n) is 5.04. The van der Waals surface area contributed by atoms with Crippen LogP contribution in [0.3, 0.4) is 0 Å². The van der Waals surface area contributed by atoms with Crippen molar-refractivity contribution in [3.63, 3.8) is 0 Å². The van der Waals surface area contributed by atoms with Crippen LogP contribution in [0.1, 0.15) is 31.8 Å². The average Bonchev–Trinajstić information content (AvgIpc) is 3.12. The van der Waals surface area contributed by atoms with E-state index in [2.05, 4.69) is 5.32 Å². The van der Waals surface area contributed by atoms with Crippen LogP contribution >= 0.6 is 11.8 Å². The van der Waals surface area contributed by atoms with E-state index in [1.54, 1.807) is 54.6 Å². The number of rotatable bonds is 7. The Labute approximate surface area is 195 Å². The number of hydrogen-bond donors (Lipinski definition) is 1. The fourth-order valence-electron chi connectivity index (χ4n) is 3.31. The minimum absolute atomic E-state index is 0.0765. The fraction of sp³-hybridized carbons (Fsp3) is 0.0769. The molecule has 0 atom stereocenters. The molecule has 4 rings (SSSR count). The molecule has 1 aliphatic rings. The lowest BCUT2D eigenvalue weighted by Gasteiger charge is -2.13. The molecule has 33 heavy (non-hydrogen) atoms. The molecule has 0 aromatic heterocycles. The van der Waals surface area contributed by atoms with Crippen molar-refractivity contribution in [3.05, 3.63) is 112 Å². The van der Waals surface area contributed by atoms with Crippen LogP contribution in [0, 0.1) is 0 Å². The zero-order chi connectivity index (χ0) is 23.2. The van der Waals surface area contributed by atoms with Crippen molar-refractivity contribution in [2.45, 2.75) is 0 Å². The van der Waals surface area contributed by atoms with Gasteiger partial charge in [0.1, 0.15) is 0 Å². The van der Waals surface area contributed by atoms with E-state index in [9.17, 15) is 19.2 Å². The van der Waals surface area contributed by atoms with Gasteiger partial charge in [-0.15, -0.1) is 0 Å². The largest absolute Gasteiger partial charge is 0.350 e. The van der Waals surface area contributed by atoms with E-state index in [1.807, 2.05) is 36.4 Å². The van der Waals surface area contributed by atoms with Crippen LogP contribution in [0.2, 0.25) is 0 Å². The Morgan fingerprint density at radius 3 is 2.03 bits per heavy atom. The third-order valence-corrected chi connectivity index (χ3v) is 5.94. The van der Waals surface area contributed by atoms with E-state index in [0.717, 1.165) is 22.2 Å². The van der Waals surface area contributed by atoms with Gasteiger partial charge in [0.05, 0.1) is 4.91 Å². The topological polar surface area (TPSA) is 83.6 Å². The number of benzene rings is 3. The molecule has 0 aliphatic carbocycles. The third kappa shape index (κ3) is 5.27. The molecule has 1 heterocycles. The second kappa shape index (κ2) is 10.1. The second-order valence-electron chi connectivity index (χ2n) is 7.27. The van der Waals surface area contributed by atoms with Crippen molar-refractivity contribution in [2.75, 3.05) is 13.1 Å². The van der Waals surface area contributed by atoms with Crippen LogP contribution < -0.4 is 5.32 Å². The molecule has 0 saturated carbocycles. The Balaban J connectivity index is 1.32. The predicted molar refractivity (Wildman–Crippen MR) is 128 cm³/mol. The quantitative estimate of drug-likeness (QED) is 0.421. The molecule has 3 amide bonds. The molecule has 7 heteroatoms. The zero-order valence-electron chi connectivity index (χ0n) is 17.6.